The van der Waals surface area contributed by atoms with E-state index in [9.17, 15) is 13.2 Å². The molecule has 0 unspecified atom stereocenters. The van der Waals surface area contributed by atoms with Crippen LogP contribution in [0.5, 0.6) is 0 Å². The number of rotatable bonds is 7. The fourth-order valence-corrected chi connectivity index (χ4v) is 7.59. The Labute approximate surface area is 201 Å². The molecule has 0 radical (unpaired) electrons. The molecule has 1 amide bonds. The highest BCUT2D eigenvalue weighted by Crippen LogP contribution is 2.33. The number of fused-ring (bicyclic) bond motifs is 1. The molecule has 1 aliphatic heterocycles. The molecule has 0 aliphatic carbocycles. The quantitative estimate of drug-likeness (QED) is 0.478. The number of aromatic nitrogens is 1. The van der Waals surface area contributed by atoms with Crippen LogP contribution in [0.25, 0.3) is 10.2 Å². The average molecular weight is 513 g/mol. The second-order valence-electron chi connectivity index (χ2n) is 8.01. The first-order valence-electron chi connectivity index (χ1n) is 10.3. The number of likely N-dealkylation sites (N-methyl/N-ethyl adjacent to an activating group) is 1. The zero-order valence-corrected chi connectivity index (χ0v) is 21.1. The van der Waals surface area contributed by atoms with Gasteiger partial charge in [0, 0.05) is 37.1 Å². The molecule has 172 valence electrons. The van der Waals surface area contributed by atoms with Gasteiger partial charge in [-0.2, -0.15) is 4.31 Å². The molecule has 1 aromatic carbocycles. The Balaban J connectivity index is 1.51. The highest BCUT2D eigenvalue weighted by atomic mass is 35.5. The summed E-state index contributed by atoms with van der Waals surface area (Å²) < 4.78 is 28.4. The number of anilines is 1. The molecule has 0 saturated carbocycles. The maximum atomic E-state index is 13.5. The van der Waals surface area contributed by atoms with Crippen LogP contribution in [0, 0.1) is 5.92 Å². The second kappa shape index (κ2) is 9.74. The van der Waals surface area contributed by atoms with Crippen molar-refractivity contribution in [2.45, 2.75) is 17.1 Å². The van der Waals surface area contributed by atoms with Crippen molar-refractivity contribution in [3.8, 4) is 0 Å². The monoisotopic (exact) mass is 512 g/mol. The Morgan fingerprint density at radius 2 is 1.97 bits per heavy atom. The maximum absolute atomic E-state index is 13.5. The summed E-state index contributed by atoms with van der Waals surface area (Å²) in [6, 6.07) is 8.88. The summed E-state index contributed by atoms with van der Waals surface area (Å²) in [5.41, 5.74) is 0.814. The Bertz CT molecular complexity index is 1190. The Kier molecular flexibility index (Phi) is 7.18. The van der Waals surface area contributed by atoms with Crippen molar-refractivity contribution in [1.29, 1.82) is 0 Å². The van der Waals surface area contributed by atoms with E-state index in [4.69, 9.17) is 11.6 Å². The van der Waals surface area contributed by atoms with E-state index in [0.29, 0.717) is 53.4 Å². The highest BCUT2D eigenvalue weighted by molar-refractivity contribution is 7.91. The third-order valence-electron chi connectivity index (χ3n) is 5.50. The Morgan fingerprint density at radius 3 is 2.62 bits per heavy atom. The number of hydrogen-bond donors (Lipinski definition) is 0. The molecule has 11 heteroatoms. The number of hydrogen-bond acceptors (Lipinski definition) is 7. The van der Waals surface area contributed by atoms with Crippen molar-refractivity contribution >= 4 is 65.6 Å². The van der Waals surface area contributed by atoms with Crippen LogP contribution in [-0.2, 0) is 14.8 Å². The lowest BCUT2D eigenvalue weighted by Gasteiger charge is -2.33. The van der Waals surface area contributed by atoms with Crippen LogP contribution in [0.4, 0.5) is 5.13 Å². The van der Waals surface area contributed by atoms with E-state index >= 15 is 0 Å². The van der Waals surface area contributed by atoms with Gasteiger partial charge in [-0.15, -0.1) is 11.3 Å². The Hall–Kier alpha value is -1.56. The molecule has 1 fully saturated rings. The van der Waals surface area contributed by atoms with E-state index in [1.165, 1.54) is 27.0 Å². The first-order chi connectivity index (χ1) is 15.3. The molecular formula is C21H25ClN4O3S3. The zero-order valence-electron chi connectivity index (χ0n) is 17.9. The number of carbonyl (C=O) groups is 1. The molecule has 0 spiro atoms. The van der Waals surface area contributed by atoms with Gasteiger partial charge in [-0.1, -0.05) is 29.0 Å². The number of nitrogens with zero attached hydrogens (tertiary/aromatic N) is 4. The zero-order chi connectivity index (χ0) is 22.9. The normalized spacial score (nSPS) is 16.1. The van der Waals surface area contributed by atoms with Gasteiger partial charge in [0.2, 0.25) is 5.91 Å². The number of amides is 1. The third-order valence-corrected chi connectivity index (χ3v) is 10.0. The van der Waals surface area contributed by atoms with Crippen molar-refractivity contribution in [3.05, 3.63) is 40.7 Å². The number of thiophene rings is 1. The minimum Gasteiger partial charge on any atom is -0.308 e. The van der Waals surface area contributed by atoms with Crippen LogP contribution in [0.15, 0.2) is 39.9 Å². The standard InChI is InChI=1S/C21H25ClN4O3S3/c1-24(2)11-12-26(21-23-17-6-5-16(22)14-18(17)31-21)20(27)15-7-9-25(10-8-15)32(28,29)19-4-3-13-30-19/h3-6,13-15H,7-12H2,1-2H3. The predicted molar refractivity (Wildman–Crippen MR) is 131 cm³/mol. The maximum Gasteiger partial charge on any atom is 0.252 e. The van der Waals surface area contributed by atoms with E-state index < -0.39 is 10.0 Å². The van der Waals surface area contributed by atoms with Gasteiger partial charge in [-0.3, -0.25) is 9.69 Å². The minimum atomic E-state index is -3.49. The summed E-state index contributed by atoms with van der Waals surface area (Å²) in [6.07, 6.45) is 0.997. The molecule has 1 saturated heterocycles. The molecule has 0 N–H and O–H groups in total. The van der Waals surface area contributed by atoms with Crippen LogP contribution < -0.4 is 4.90 Å². The van der Waals surface area contributed by atoms with E-state index in [2.05, 4.69) is 4.98 Å². The highest BCUT2D eigenvalue weighted by Gasteiger charge is 2.35. The van der Waals surface area contributed by atoms with Gasteiger partial charge in [-0.25, -0.2) is 13.4 Å². The molecule has 3 aromatic rings. The van der Waals surface area contributed by atoms with Gasteiger partial charge in [0.05, 0.1) is 10.2 Å². The van der Waals surface area contributed by atoms with Gasteiger partial charge in [0.1, 0.15) is 4.21 Å². The first-order valence-corrected chi connectivity index (χ1v) is 13.8. The van der Waals surface area contributed by atoms with Gasteiger partial charge in [0.15, 0.2) is 5.13 Å². The number of piperidine rings is 1. The van der Waals surface area contributed by atoms with Gasteiger partial charge in [0.25, 0.3) is 10.0 Å². The number of sulfonamides is 1. The summed E-state index contributed by atoms with van der Waals surface area (Å²) in [7, 11) is 0.448. The van der Waals surface area contributed by atoms with Crippen LogP contribution in [0.2, 0.25) is 5.02 Å². The van der Waals surface area contributed by atoms with E-state index in [1.807, 2.05) is 31.1 Å². The summed E-state index contributed by atoms with van der Waals surface area (Å²) in [5, 5.41) is 3.05. The van der Waals surface area contributed by atoms with Crippen LogP contribution in [-0.4, -0.2) is 68.8 Å². The summed E-state index contributed by atoms with van der Waals surface area (Å²) in [5.74, 6) is -0.229. The third kappa shape index (κ3) is 5.00. The number of halogens is 1. The largest absolute Gasteiger partial charge is 0.308 e. The lowest BCUT2D eigenvalue weighted by molar-refractivity contribution is -0.123. The molecule has 0 atom stereocenters. The van der Waals surface area contributed by atoms with E-state index in [-0.39, 0.29) is 11.8 Å². The van der Waals surface area contributed by atoms with Gasteiger partial charge < -0.3 is 4.90 Å². The van der Waals surface area contributed by atoms with Crippen molar-refractivity contribution in [2.75, 3.05) is 45.2 Å². The number of benzene rings is 1. The molecule has 7 nitrogen and oxygen atoms in total. The summed E-state index contributed by atoms with van der Waals surface area (Å²) in [4.78, 5) is 22.0. The van der Waals surface area contributed by atoms with Crippen LogP contribution in [0.1, 0.15) is 12.8 Å². The molecule has 2 aromatic heterocycles. The Morgan fingerprint density at radius 1 is 1.22 bits per heavy atom. The number of carbonyl (C=O) groups excluding carboxylic acids is 1. The second-order valence-corrected chi connectivity index (χ2v) is 12.6. The van der Waals surface area contributed by atoms with Gasteiger partial charge >= 0.3 is 0 Å². The molecule has 32 heavy (non-hydrogen) atoms. The van der Waals surface area contributed by atoms with Crippen LogP contribution in [0.3, 0.4) is 0 Å². The summed E-state index contributed by atoms with van der Waals surface area (Å²) >= 11 is 8.79. The van der Waals surface area contributed by atoms with Crippen molar-refractivity contribution in [2.24, 2.45) is 5.92 Å². The molecular weight excluding hydrogens is 488 g/mol. The van der Waals surface area contributed by atoms with Crippen molar-refractivity contribution < 1.29 is 13.2 Å². The topological polar surface area (TPSA) is 73.8 Å². The van der Waals surface area contributed by atoms with Gasteiger partial charge in [-0.05, 0) is 56.6 Å². The van der Waals surface area contributed by atoms with Crippen LogP contribution >= 0.6 is 34.3 Å². The minimum absolute atomic E-state index is 0.00479. The summed E-state index contributed by atoms with van der Waals surface area (Å²) in [6.45, 7) is 1.91. The lowest BCUT2D eigenvalue weighted by atomic mass is 9.96. The fourth-order valence-electron chi connectivity index (χ4n) is 3.70. The SMILES string of the molecule is CN(C)CCN(C(=O)C1CCN(S(=O)(=O)c2cccs2)CC1)c1nc2ccc(Cl)cc2s1. The molecule has 0 bridgehead atoms. The molecule has 3 heterocycles. The molecule has 1 aliphatic rings. The van der Waals surface area contributed by atoms with E-state index in [1.54, 1.807) is 28.5 Å². The fraction of sp³-hybridized carbons (Fsp3) is 0.429. The van der Waals surface area contributed by atoms with E-state index in [0.717, 1.165) is 10.2 Å². The van der Waals surface area contributed by atoms with Crippen molar-refractivity contribution in [1.82, 2.24) is 14.2 Å². The predicted octanol–water partition coefficient (Wildman–Crippen LogP) is 4.01. The number of thiazole rings is 1. The average Bonchev–Trinajstić information content (AvgIpc) is 3.44. The van der Waals surface area contributed by atoms with Crippen molar-refractivity contribution in [3.63, 3.8) is 0 Å². The first kappa shape index (κ1) is 23.6. The molecule has 4 rings (SSSR count). The lowest BCUT2D eigenvalue weighted by Crippen LogP contribution is -2.45. The smallest absolute Gasteiger partial charge is 0.252 e.